The zero-order valence-electron chi connectivity index (χ0n) is 18.3. The van der Waals surface area contributed by atoms with E-state index >= 15 is 0 Å². The van der Waals surface area contributed by atoms with Crippen molar-refractivity contribution in [3.05, 3.63) is 68.2 Å². The van der Waals surface area contributed by atoms with Gasteiger partial charge in [0.25, 0.3) is 11.5 Å². The summed E-state index contributed by atoms with van der Waals surface area (Å²) in [4.78, 5) is 57.5. The summed E-state index contributed by atoms with van der Waals surface area (Å²) in [6.45, 7) is 5.63. The zero-order chi connectivity index (χ0) is 23.6. The number of pyridine rings is 1. The van der Waals surface area contributed by atoms with Gasteiger partial charge in [0.2, 0.25) is 5.91 Å². The van der Waals surface area contributed by atoms with Crippen molar-refractivity contribution in [2.75, 3.05) is 18.4 Å². The monoisotopic (exact) mass is 441 g/mol. The molecule has 0 saturated heterocycles. The maximum Gasteiger partial charge on any atom is 0.332 e. The van der Waals surface area contributed by atoms with E-state index in [2.05, 4.69) is 10.3 Å². The molecule has 0 saturated carbocycles. The second-order valence-corrected chi connectivity index (χ2v) is 7.28. The Kier molecular flexibility index (Phi) is 6.52. The van der Waals surface area contributed by atoms with Gasteiger partial charge in [0.15, 0.2) is 0 Å². The predicted octanol–water partition coefficient (Wildman–Crippen LogP) is 1.66. The van der Waals surface area contributed by atoms with Crippen molar-refractivity contribution >= 4 is 28.5 Å². The van der Waals surface area contributed by atoms with Crippen LogP contribution in [0, 0.1) is 12.7 Å². The molecule has 1 aromatic carbocycles. The Bertz CT molecular complexity index is 1310. The highest BCUT2D eigenvalue weighted by Crippen LogP contribution is 2.16. The van der Waals surface area contributed by atoms with E-state index in [0.717, 1.165) is 9.13 Å². The van der Waals surface area contributed by atoms with E-state index in [1.807, 2.05) is 13.8 Å². The van der Waals surface area contributed by atoms with Crippen LogP contribution in [-0.2, 0) is 18.4 Å². The Morgan fingerprint density at radius 2 is 1.75 bits per heavy atom. The molecule has 10 heteroatoms. The van der Waals surface area contributed by atoms with Crippen LogP contribution >= 0.6 is 0 Å². The first-order valence-electron chi connectivity index (χ1n) is 10.1. The largest absolute Gasteiger partial charge is 0.339 e. The number of halogens is 1. The lowest BCUT2D eigenvalue weighted by atomic mass is 10.1. The quantitative estimate of drug-likeness (QED) is 0.626. The minimum absolute atomic E-state index is 0.0239. The number of carbonyl (C=O) groups excluding carboxylic acids is 2. The van der Waals surface area contributed by atoms with Crippen molar-refractivity contribution in [2.24, 2.45) is 7.05 Å². The number of anilines is 1. The summed E-state index contributed by atoms with van der Waals surface area (Å²) in [6, 6.07) is 6.59. The molecule has 9 nitrogen and oxygen atoms in total. The molecular formula is C22H24FN5O4. The number of aromatic nitrogens is 3. The number of amides is 2. The fourth-order valence-corrected chi connectivity index (χ4v) is 3.47. The van der Waals surface area contributed by atoms with E-state index in [-0.39, 0.29) is 22.5 Å². The lowest BCUT2D eigenvalue weighted by Crippen LogP contribution is -2.43. The number of fused-ring (bicyclic) bond motifs is 1. The fourth-order valence-electron chi connectivity index (χ4n) is 3.47. The number of nitrogens with one attached hydrogen (secondary N) is 1. The van der Waals surface area contributed by atoms with Crippen LogP contribution in [0.15, 0.2) is 39.9 Å². The van der Waals surface area contributed by atoms with Gasteiger partial charge in [0.05, 0.1) is 10.9 Å². The van der Waals surface area contributed by atoms with Crippen LogP contribution in [0.4, 0.5) is 10.1 Å². The van der Waals surface area contributed by atoms with Gasteiger partial charge >= 0.3 is 5.69 Å². The second kappa shape index (κ2) is 9.13. The Morgan fingerprint density at radius 3 is 2.34 bits per heavy atom. The Balaban J connectivity index is 2.13. The first-order valence-corrected chi connectivity index (χ1v) is 10.1. The number of rotatable bonds is 6. The molecule has 0 bridgehead atoms. The second-order valence-electron chi connectivity index (χ2n) is 7.28. The highest BCUT2D eigenvalue weighted by molar-refractivity contribution is 6.05. The zero-order valence-corrected chi connectivity index (χ0v) is 18.3. The third-order valence-electron chi connectivity index (χ3n) is 5.13. The fraction of sp³-hybridized carbons (Fsp3) is 0.318. The Labute approximate surface area is 183 Å². The number of benzene rings is 1. The van der Waals surface area contributed by atoms with Crippen LogP contribution in [0.3, 0.4) is 0 Å². The molecule has 2 heterocycles. The normalized spacial score (nSPS) is 10.9. The Morgan fingerprint density at radius 1 is 1.12 bits per heavy atom. The first-order chi connectivity index (χ1) is 15.2. The van der Waals surface area contributed by atoms with E-state index in [4.69, 9.17) is 0 Å². The topological polar surface area (TPSA) is 106 Å². The molecule has 0 aliphatic carbocycles. The van der Waals surface area contributed by atoms with E-state index in [1.165, 1.54) is 37.4 Å². The SMILES string of the molecule is CCN(CC)C(=O)c1cc(C)nc2c1c(=O)n(CC(=O)Nc1ccc(F)cc1)c(=O)n2C. The van der Waals surface area contributed by atoms with Gasteiger partial charge in [0.1, 0.15) is 18.0 Å². The van der Waals surface area contributed by atoms with Gasteiger partial charge in [-0.25, -0.2) is 14.2 Å². The first kappa shape index (κ1) is 22.9. The summed E-state index contributed by atoms with van der Waals surface area (Å²) in [5, 5.41) is 2.49. The van der Waals surface area contributed by atoms with Gasteiger partial charge in [-0.15, -0.1) is 0 Å². The molecule has 2 amide bonds. The molecule has 3 rings (SSSR count). The molecular weight excluding hydrogens is 417 g/mol. The van der Waals surface area contributed by atoms with Crippen molar-refractivity contribution in [1.82, 2.24) is 19.0 Å². The van der Waals surface area contributed by atoms with E-state index in [9.17, 15) is 23.6 Å². The number of hydrogen-bond acceptors (Lipinski definition) is 5. The molecule has 0 spiro atoms. The molecule has 0 unspecified atom stereocenters. The van der Waals surface area contributed by atoms with Gasteiger partial charge in [0, 0.05) is 31.5 Å². The van der Waals surface area contributed by atoms with Crippen molar-refractivity contribution in [1.29, 1.82) is 0 Å². The van der Waals surface area contributed by atoms with Crippen molar-refractivity contribution in [2.45, 2.75) is 27.3 Å². The number of carbonyl (C=O) groups is 2. The van der Waals surface area contributed by atoms with E-state index < -0.39 is 29.5 Å². The van der Waals surface area contributed by atoms with Crippen LogP contribution in [0.2, 0.25) is 0 Å². The van der Waals surface area contributed by atoms with Crippen molar-refractivity contribution < 1.29 is 14.0 Å². The third kappa shape index (κ3) is 4.29. The third-order valence-corrected chi connectivity index (χ3v) is 5.13. The molecule has 168 valence electrons. The minimum Gasteiger partial charge on any atom is -0.339 e. The van der Waals surface area contributed by atoms with Crippen LogP contribution in [-0.4, -0.2) is 43.9 Å². The standard InChI is InChI=1S/C22H24FN5O4/c1-5-27(6-2)20(30)16-11-13(3)24-19-18(16)21(31)28(22(32)26(19)4)12-17(29)25-15-9-7-14(23)8-10-15/h7-11H,5-6,12H2,1-4H3,(H,25,29). The van der Waals surface area contributed by atoms with E-state index in [0.29, 0.717) is 24.5 Å². The van der Waals surface area contributed by atoms with Crippen LogP contribution in [0.1, 0.15) is 29.9 Å². The molecule has 0 radical (unpaired) electrons. The molecule has 2 aromatic heterocycles. The summed E-state index contributed by atoms with van der Waals surface area (Å²) in [7, 11) is 1.43. The van der Waals surface area contributed by atoms with Crippen LogP contribution in [0.5, 0.6) is 0 Å². The maximum absolute atomic E-state index is 13.3. The highest BCUT2D eigenvalue weighted by atomic mass is 19.1. The summed E-state index contributed by atoms with van der Waals surface area (Å²) in [6.07, 6.45) is 0. The van der Waals surface area contributed by atoms with E-state index in [1.54, 1.807) is 11.8 Å². The number of nitrogens with zero attached hydrogens (tertiary/aromatic N) is 4. The molecule has 0 atom stereocenters. The van der Waals surface area contributed by atoms with Gasteiger partial charge in [-0.3, -0.25) is 23.5 Å². The lowest BCUT2D eigenvalue weighted by molar-refractivity contribution is -0.116. The molecule has 32 heavy (non-hydrogen) atoms. The smallest absolute Gasteiger partial charge is 0.332 e. The van der Waals surface area contributed by atoms with Gasteiger partial charge < -0.3 is 10.2 Å². The molecule has 0 aliphatic rings. The van der Waals surface area contributed by atoms with Gasteiger partial charge in [-0.1, -0.05) is 0 Å². The molecule has 3 aromatic rings. The summed E-state index contributed by atoms with van der Waals surface area (Å²) >= 11 is 0. The number of hydrogen-bond donors (Lipinski definition) is 1. The average molecular weight is 441 g/mol. The minimum atomic E-state index is -0.777. The lowest BCUT2D eigenvalue weighted by Gasteiger charge is -2.20. The maximum atomic E-state index is 13.3. The predicted molar refractivity (Wildman–Crippen MR) is 118 cm³/mol. The summed E-state index contributed by atoms with van der Waals surface area (Å²) in [5.41, 5.74) is -0.516. The molecule has 0 fully saturated rings. The number of aryl methyl sites for hydroxylation is 2. The summed E-state index contributed by atoms with van der Waals surface area (Å²) < 4.78 is 15.0. The average Bonchev–Trinajstić information content (AvgIpc) is 2.77. The van der Waals surface area contributed by atoms with Gasteiger partial charge in [-0.2, -0.15) is 0 Å². The highest BCUT2D eigenvalue weighted by Gasteiger charge is 2.23. The molecule has 1 N–H and O–H groups in total. The van der Waals surface area contributed by atoms with Crippen molar-refractivity contribution in [3.63, 3.8) is 0 Å². The van der Waals surface area contributed by atoms with Crippen LogP contribution < -0.4 is 16.6 Å². The van der Waals surface area contributed by atoms with Gasteiger partial charge in [-0.05, 0) is 51.1 Å². The summed E-state index contributed by atoms with van der Waals surface area (Å²) in [5.74, 6) is -1.47. The van der Waals surface area contributed by atoms with Crippen molar-refractivity contribution in [3.8, 4) is 0 Å². The Hall–Kier alpha value is -3.82. The van der Waals surface area contributed by atoms with Crippen LogP contribution in [0.25, 0.3) is 11.0 Å². The molecule has 0 aliphatic heterocycles.